The summed E-state index contributed by atoms with van der Waals surface area (Å²) in [6, 6.07) is 8.09. The molecule has 3 aromatic rings. The summed E-state index contributed by atoms with van der Waals surface area (Å²) in [6.07, 6.45) is 6.03. The van der Waals surface area contributed by atoms with Crippen LogP contribution in [0.15, 0.2) is 30.5 Å². The van der Waals surface area contributed by atoms with Gasteiger partial charge in [0.25, 0.3) is 5.91 Å². The molecule has 3 N–H and O–H groups in total. The number of carbonyl (C=O) groups is 1. The van der Waals surface area contributed by atoms with E-state index in [-0.39, 0.29) is 18.6 Å². The highest BCUT2D eigenvalue weighted by molar-refractivity contribution is 5.97. The number of hydrogen-bond acceptors (Lipinski definition) is 8. The summed E-state index contributed by atoms with van der Waals surface area (Å²) in [5.41, 5.74) is 4.20. The number of anilines is 2. The van der Waals surface area contributed by atoms with Gasteiger partial charge in [-0.05, 0) is 55.7 Å². The Morgan fingerprint density at radius 3 is 2.74 bits per heavy atom. The lowest BCUT2D eigenvalue weighted by molar-refractivity contribution is 0.0699. The van der Waals surface area contributed by atoms with Gasteiger partial charge in [0.05, 0.1) is 32.1 Å². The first kappa shape index (κ1) is 25.1. The van der Waals surface area contributed by atoms with Crippen LogP contribution in [0.4, 0.5) is 11.6 Å². The highest BCUT2D eigenvalue weighted by atomic mass is 16.5. The average Bonchev–Trinajstić information content (AvgIpc) is 3.66. The van der Waals surface area contributed by atoms with Crippen molar-refractivity contribution in [3.63, 3.8) is 0 Å². The Labute approximate surface area is 222 Å². The van der Waals surface area contributed by atoms with E-state index in [0.29, 0.717) is 37.3 Å². The molecule has 10 nitrogen and oxygen atoms in total. The van der Waals surface area contributed by atoms with Crippen molar-refractivity contribution in [1.29, 1.82) is 0 Å². The Hall–Kier alpha value is -3.21. The molecule has 2 aromatic heterocycles. The zero-order valence-corrected chi connectivity index (χ0v) is 21.9. The molecule has 202 valence electrons. The number of aryl methyl sites for hydroxylation is 1. The van der Waals surface area contributed by atoms with Crippen molar-refractivity contribution < 1.29 is 19.4 Å². The minimum atomic E-state index is -0.153. The van der Waals surface area contributed by atoms with Crippen LogP contribution in [-0.2, 0) is 9.47 Å². The van der Waals surface area contributed by atoms with Gasteiger partial charge in [-0.1, -0.05) is 12.1 Å². The van der Waals surface area contributed by atoms with Crippen molar-refractivity contribution in [2.45, 2.75) is 44.7 Å². The SMILES string of the molecule is Cc1cc(-c2cnn3c(NCC4CCOCC4)cc(N4CCOCC4CO)nc23)ccc1C(=O)NC1CC1. The molecular weight excluding hydrogens is 484 g/mol. The molecule has 1 aromatic carbocycles. The minimum Gasteiger partial charge on any atom is -0.394 e. The van der Waals surface area contributed by atoms with E-state index < -0.39 is 0 Å². The van der Waals surface area contributed by atoms with E-state index in [4.69, 9.17) is 19.6 Å². The van der Waals surface area contributed by atoms with Crippen molar-refractivity contribution in [3.8, 4) is 11.1 Å². The lowest BCUT2D eigenvalue weighted by Gasteiger charge is -2.35. The maximum atomic E-state index is 12.7. The number of nitrogens with one attached hydrogen (secondary N) is 2. The van der Waals surface area contributed by atoms with Crippen LogP contribution in [0.2, 0.25) is 0 Å². The Balaban J connectivity index is 1.36. The number of morpholine rings is 1. The van der Waals surface area contributed by atoms with Crippen LogP contribution in [0.3, 0.4) is 0 Å². The molecule has 4 heterocycles. The van der Waals surface area contributed by atoms with Crippen LogP contribution in [0, 0.1) is 12.8 Å². The predicted octanol–water partition coefficient (Wildman–Crippen LogP) is 2.63. The number of aliphatic hydroxyl groups excluding tert-OH is 1. The first-order valence-electron chi connectivity index (χ1n) is 13.7. The number of aromatic nitrogens is 3. The maximum Gasteiger partial charge on any atom is 0.251 e. The van der Waals surface area contributed by atoms with E-state index in [0.717, 1.165) is 79.4 Å². The van der Waals surface area contributed by atoms with Crippen molar-refractivity contribution in [1.82, 2.24) is 19.9 Å². The van der Waals surface area contributed by atoms with E-state index in [1.165, 1.54) is 0 Å². The van der Waals surface area contributed by atoms with Gasteiger partial charge in [-0.2, -0.15) is 9.61 Å². The second kappa shape index (κ2) is 10.9. The third-order valence-corrected chi connectivity index (χ3v) is 7.80. The van der Waals surface area contributed by atoms with Crippen LogP contribution < -0.4 is 15.5 Å². The number of ether oxygens (including phenoxy) is 2. The van der Waals surface area contributed by atoms with Gasteiger partial charge in [0.15, 0.2) is 5.65 Å². The Kier molecular flexibility index (Phi) is 7.18. The third-order valence-electron chi connectivity index (χ3n) is 7.80. The quantitative estimate of drug-likeness (QED) is 0.416. The predicted molar refractivity (Wildman–Crippen MR) is 145 cm³/mol. The average molecular weight is 521 g/mol. The molecule has 0 bridgehead atoms. The standard InChI is InChI=1S/C28H36N6O4/c1-18-12-20(2-5-23(18)28(36)31-21-3-4-21)24-15-30-34-25(29-14-19-6-9-37-10-7-19)13-26(32-27(24)34)33-8-11-38-17-22(33)16-35/h2,5,12-13,15,19,21-22,29,35H,3-4,6-11,14,16-17H2,1H3,(H,31,36). The molecule has 1 amide bonds. The van der Waals surface area contributed by atoms with E-state index in [1.54, 1.807) is 0 Å². The molecule has 3 aliphatic rings. The molecule has 1 unspecified atom stereocenters. The number of amides is 1. The number of aliphatic hydroxyl groups is 1. The van der Waals surface area contributed by atoms with Crippen LogP contribution in [0.1, 0.15) is 41.6 Å². The lowest BCUT2D eigenvalue weighted by Crippen LogP contribution is -2.48. The van der Waals surface area contributed by atoms with E-state index in [9.17, 15) is 9.90 Å². The van der Waals surface area contributed by atoms with Gasteiger partial charge in [0.2, 0.25) is 0 Å². The molecule has 0 radical (unpaired) electrons. The van der Waals surface area contributed by atoms with Crippen LogP contribution in [0.5, 0.6) is 0 Å². The first-order valence-corrected chi connectivity index (χ1v) is 13.7. The van der Waals surface area contributed by atoms with Gasteiger partial charge in [-0.25, -0.2) is 4.98 Å². The number of benzene rings is 1. The minimum absolute atomic E-state index is 0.00655. The summed E-state index contributed by atoms with van der Waals surface area (Å²) < 4.78 is 13.0. The van der Waals surface area contributed by atoms with Crippen molar-refractivity contribution in [2.24, 2.45) is 5.92 Å². The highest BCUT2D eigenvalue weighted by Crippen LogP contribution is 2.31. The van der Waals surface area contributed by atoms with Gasteiger partial charge in [-0.15, -0.1) is 0 Å². The second-order valence-electron chi connectivity index (χ2n) is 10.6. The summed E-state index contributed by atoms with van der Waals surface area (Å²) in [5, 5.41) is 21.4. The van der Waals surface area contributed by atoms with Gasteiger partial charge >= 0.3 is 0 Å². The molecular formula is C28H36N6O4. The smallest absolute Gasteiger partial charge is 0.251 e. The molecule has 6 rings (SSSR count). The first-order chi connectivity index (χ1) is 18.6. The fraction of sp³-hybridized carbons (Fsp3) is 0.536. The summed E-state index contributed by atoms with van der Waals surface area (Å²) >= 11 is 0. The van der Waals surface area contributed by atoms with Crippen LogP contribution in [-0.4, -0.2) is 83.8 Å². The Morgan fingerprint density at radius 2 is 1.97 bits per heavy atom. The monoisotopic (exact) mass is 520 g/mol. The van der Waals surface area contributed by atoms with Crippen molar-refractivity contribution >= 4 is 23.2 Å². The largest absolute Gasteiger partial charge is 0.394 e. The van der Waals surface area contributed by atoms with Crippen LogP contribution >= 0.6 is 0 Å². The molecule has 1 aliphatic carbocycles. The number of hydrogen-bond donors (Lipinski definition) is 3. The lowest BCUT2D eigenvalue weighted by atomic mass is 10.0. The van der Waals surface area contributed by atoms with Crippen molar-refractivity contribution in [2.75, 3.05) is 56.3 Å². The van der Waals surface area contributed by atoms with E-state index >= 15 is 0 Å². The molecule has 38 heavy (non-hydrogen) atoms. The zero-order chi connectivity index (χ0) is 26.1. The van der Waals surface area contributed by atoms with E-state index in [1.807, 2.05) is 41.9 Å². The van der Waals surface area contributed by atoms with Crippen LogP contribution in [0.25, 0.3) is 16.8 Å². The Morgan fingerprint density at radius 1 is 1.13 bits per heavy atom. The van der Waals surface area contributed by atoms with Gasteiger partial charge in [0, 0.05) is 49.5 Å². The van der Waals surface area contributed by atoms with Gasteiger partial charge in [-0.3, -0.25) is 4.79 Å². The van der Waals surface area contributed by atoms with Gasteiger partial charge in [0.1, 0.15) is 11.6 Å². The number of nitrogens with zero attached hydrogens (tertiary/aromatic N) is 4. The number of carbonyl (C=O) groups excluding carboxylic acids is 1. The molecule has 2 aliphatic heterocycles. The second-order valence-corrected chi connectivity index (χ2v) is 10.6. The normalized spacial score (nSPS) is 20.6. The fourth-order valence-corrected chi connectivity index (χ4v) is 5.31. The highest BCUT2D eigenvalue weighted by Gasteiger charge is 2.27. The number of rotatable bonds is 8. The molecule has 3 fully saturated rings. The zero-order valence-electron chi connectivity index (χ0n) is 21.9. The Bertz CT molecular complexity index is 1300. The molecule has 1 saturated carbocycles. The topological polar surface area (TPSA) is 113 Å². The van der Waals surface area contributed by atoms with E-state index in [2.05, 4.69) is 15.5 Å². The van der Waals surface area contributed by atoms with Gasteiger partial charge < -0.3 is 30.1 Å². The third kappa shape index (κ3) is 5.21. The molecule has 1 atom stereocenters. The fourth-order valence-electron chi connectivity index (χ4n) is 5.31. The molecule has 2 saturated heterocycles. The summed E-state index contributed by atoms with van der Waals surface area (Å²) in [4.78, 5) is 19.8. The molecule has 0 spiro atoms. The molecule has 10 heteroatoms. The summed E-state index contributed by atoms with van der Waals surface area (Å²) in [6.45, 7) is 6.09. The number of fused-ring (bicyclic) bond motifs is 1. The summed E-state index contributed by atoms with van der Waals surface area (Å²) in [5.74, 6) is 2.17. The summed E-state index contributed by atoms with van der Waals surface area (Å²) in [7, 11) is 0. The maximum absolute atomic E-state index is 12.7. The van der Waals surface area contributed by atoms with Crippen molar-refractivity contribution in [3.05, 3.63) is 41.6 Å².